The maximum atomic E-state index is 5.17. The predicted octanol–water partition coefficient (Wildman–Crippen LogP) is 3.08. The lowest BCUT2D eigenvalue weighted by Gasteiger charge is -2.18. The Bertz CT molecular complexity index is 536. The van der Waals surface area contributed by atoms with Gasteiger partial charge < -0.3 is 15.0 Å². The number of nitrogens with one attached hydrogen (secondary N) is 1. The molecule has 0 aliphatic carbocycles. The number of nitrogens with zero attached hydrogens (tertiary/aromatic N) is 1. The van der Waals surface area contributed by atoms with Crippen molar-refractivity contribution in [2.45, 2.75) is 6.54 Å². The van der Waals surface area contributed by atoms with Crippen LogP contribution in [0.1, 0.15) is 5.56 Å². The summed E-state index contributed by atoms with van der Waals surface area (Å²) in [7, 11) is 1.69. The van der Waals surface area contributed by atoms with E-state index in [0.717, 1.165) is 19.0 Å². The fraction of sp³-hybridized carbons (Fsp3) is 0.200. The molecule has 0 saturated heterocycles. The zero-order valence-corrected chi connectivity index (χ0v) is 10.4. The predicted molar refractivity (Wildman–Crippen MR) is 74.1 cm³/mol. The third-order valence-corrected chi connectivity index (χ3v) is 3.24. The maximum absolute atomic E-state index is 5.17. The summed E-state index contributed by atoms with van der Waals surface area (Å²) in [6.45, 7) is 1.78. The highest BCUT2D eigenvalue weighted by atomic mass is 16.5. The van der Waals surface area contributed by atoms with Gasteiger partial charge >= 0.3 is 0 Å². The molecule has 3 rings (SSSR count). The van der Waals surface area contributed by atoms with Gasteiger partial charge in [-0.15, -0.1) is 0 Å². The van der Waals surface area contributed by atoms with Crippen molar-refractivity contribution in [1.82, 2.24) is 0 Å². The zero-order valence-electron chi connectivity index (χ0n) is 10.4. The number of hydrogen-bond acceptors (Lipinski definition) is 3. The highest BCUT2D eigenvalue weighted by Crippen LogP contribution is 2.31. The molecule has 3 nitrogen and oxygen atoms in total. The molecule has 1 aliphatic heterocycles. The van der Waals surface area contributed by atoms with E-state index < -0.39 is 0 Å². The van der Waals surface area contributed by atoms with Crippen LogP contribution in [-0.4, -0.2) is 13.8 Å². The molecule has 2 aromatic carbocycles. The molecule has 0 spiro atoms. The van der Waals surface area contributed by atoms with Crippen LogP contribution >= 0.6 is 0 Å². The molecule has 0 radical (unpaired) electrons. The summed E-state index contributed by atoms with van der Waals surface area (Å²) in [6, 6.07) is 16.6. The van der Waals surface area contributed by atoms with Crippen LogP contribution in [0.25, 0.3) is 0 Å². The fourth-order valence-electron chi connectivity index (χ4n) is 2.26. The molecule has 0 aromatic heterocycles. The third-order valence-electron chi connectivity index (χ3n) is 3.24. The van der Waals surface area contributed by atoms with E-state index in [2.05, 4.69) is 46.6 Å². The average Bonchev–Trinajstić information content (AvgIpc) is 2.83. The van der Waals surface area contributed by atoms with Gasteiger partial charge in [-0.1, -0.05) is 24.3 Å². The summed E-state index contributed by atoms with van der Waals surface area (Å²) in [5, 5.41) is 3.39. The van der Waals surface area contributed by atoms with E-state index in [-0.39, 0.29) is 0 Å². The number of para-hydroxylation sites is 2. The van der Waals surface area contributed by atoms with Gasteiger partial charge in [0.05, 0.1) is 25.2 Å². The van der Waals surface area contributed by atoms with Gasteiger partial charge in [0.2, 0.25) is 0 Å². The largest absolute Gasteiger partial charge is 0.497 e. The van der Waals surface area contributed by atoms with Crippen LogP contribution in [-0.2, 0) is 6.54 Å². The minimum absolute atomic E-state index is 0.866. The van der Waals surface area contributed by atoms with Crippen LogP contribution < -0.4 is 15.0 Å². The Morgan fingerprint density at radius 3 is 2.67 bits per heavy atom. The van der Waals surface area contributed by atoms with Gasteiger partial charge in [-0.3, -0.25) is 0 Å². The van der Waals surface area contributed by atoms with Crippen molar-refractivity contribution in [3.05, 3.63) is 54.1 Å². The average molecular weight is 240 g/mol. The van der Waals surface area contributed by atoms with Crippen LogP contribution in [0.15, 0.2) is 48.5 Å². The minimum Gasteiger partial charge on any atom is -0.497 e. The lowest BCUT2D eigenvalue weighted by atomic mass is 10.2. The third kappa shape index (κ3) is 1.99. The minimum atomic E-state index is 0.866. The molecular weight excluding hydrogens is 224 g/mol. The number of benzene rings is 2. The van der Waals surface area contributed by atoms with Gasteiger partial charge in [-0.2, -0.15) is 0 Å². The maximum Gasteiger partial charge on any atom is 0.118 e. The second kappa shape index (κ2) is 4.61. The second-order valence-corrected chi connectivity index (χ2v) is 4.40. The SMILES string of the molecule is COc1ccc(CN2CNc3ccccc32)cc1. The Morgan fingerprint density at radius 2 is 1.89 bits per heavy atom. The van der Waals surface area contributed by atoms with Crippen molar-refractivity contribution >= 4 is 11.4 Å². The summed E-state index contributed by atoms with van der Waals surface area (Å²) >= 11 is 0. The van der Waals surface area contributed by atoms with Crippen molar-refractivity contribution in [3.8, 4) is 5.75 Å². The lowest BCUT2D eigenvalue weighted by molar-refractivity contribution is 0.414. The first-order valence-electron chi connectivity index (χ1n) is 6.07. The number of fused-ring (bicyclic) bond motifs is 1. The van der Waals surface area contributed by atoms with Crippen LogP contribution in [0.5, 0.6) is 5.75 Å². The molecule has 0 atom stereocenters. The molecule has 1 aliphatic rings. The number of hydrogen-bond donors (Lipinski definition) is 1. The molecule has 0 fully saturated rings. The molecule has 18 heavy (non-hydrogen) atoms. The quantitative estimate of drug-likeness (QED) is 0.892. The first-order chi connectivity index (χ1) is 8.86. The zero-order chi connectivity index (χ0) is 12.4. The Labute approximate surface area is 107 Å². The first-order valence-corrected chi connectivity index (χ1v) is 6.07. The van der Waals surface area contributed by atoms with E-state index in [1.54, 1.807) is 7.11 Å². The summed E-state index contributed by atoms with van der Waals surface area (Å²) in [6.07, 6.45) is 0. The van der Waals surface area contributed by atoms with E-state index in [9.17, 15) is 0 Å². The van der Waals surface area contributed by atoms with E-state index in [4.69, 9.17) is 4.74 Å². The normalized spacial score (nSPS) is 13.1. The number of rotatable bonds is 3. The number of methoxy groups -OCH3 is 1. The second-order valence-electron chi connectivity index (χ2n) is 4.40. The molecule has 0 bridgehead atoms. The van der Waals surface area contributed by atoms with Crippen molar-refractivity contribution in [1.29, 1.82) is 0 Å². The highest BCUT2D eigenvalue weighted by molar-refractivity contribution is 5.74. The molecule has 1 heterocycles. The van der Waals surface area contributed by atoms with Crippen LogP contribution in [0, 0.1) is 0 Å². The summed E-state index contributed by atoms with van der Waals surface area (Å²) in [5.74, 6) is 0.902. The van der Waals surface area contributed by atoms with E-state index >= 15 is 0 Å². The van der Waals surface area contributed by atoms with E-state index in [1.165, 1.54) is 16.9 Å². The fourth-order valence-corrected chi connectivity index (χ4v) is 2.26. The van der Waals surface area contributed by atoms with Gasteiger partial charge in [0.25, 0.3) is 0 Å². The molecule has 0 amide bonds. The van der Waals surface area contributed by atoms with Crippen LogP contribution in [0.2, 0.25) is 0 Å². The number of ether oxygens (including phenoxy) is 1. The summed E-state index contributed by atoms with van der Waals surface area (Å²) in [5.41, 5.74) is 3.77. The summed E-state index contributed by atoms with van der Waals surface area (Å²) < 4.78 is 5.17. The smallest absolute Gasteiger partial charge is 0.118 e. The van der Waals surface area contributed by atoms with Gasteiger partial charge in [-0.05, 0) is 29.8 Å². The first kappa shape index (κ1) is 11.0. The van der Waals surface area contributed by atoms with Gasteiger partial charge in [-0.25, -0.2) is 0 Å². The van der Waals surface area contributed by atoms with Crippen molar-refractivity contribution in [2.24, 2.45) is 0 Å². The number of anilines is 2. The Morgan fingerprint density at radius 1 is 1.11 bits per heavy atom. The van der Waals surface area contributed by atoms with Gasteiger partial charge in [0.15, 0.2) is 0 Å². The van der Waals surface area contributed by atoms with Gasteiger partial charge in [0, 0.05) is 6.54 Å². The molecular formula is C15H16N2O. The van der Waals surface area contributed by atoms with Gasteiger partial charge in [0.1, 0.15) is 5.75 Å². The Balaban J connectivity index is 1.77. The Hall–Kier alpha value is -2.16. The molecule has 2 aromatic rings. The molecule has 3 heteroatoms. The van der Waals surface area contributed by atoms with Crippen molar-refractivity contribution < 1.29 is 4.74 Å². The Kier molecular flexibility index (Phi) is 2.81. The topological polar surface area (TPSA) is 24.5 Å². The van der Waals surface area contributed by atoms with E-state index in [1.807, 2.05) is 12.1 Å². The molecule has 0 saturated carbocycles. The standard InChI is InChI=1S/C15H16N2O/c1-18-13-8-6-12(7-9-13)10-17-11-16-14-4-2-3-5-15(14)17/h2-9,16H,10-11H2,1H3. The van der Waals surface area contributed by atoms with Crippen molar-refractivity contribution in [3.63, 3.8) is 0 Å². The molecule has 92 valence electrons. The highest BCUT2D eigenvalue weighted by Gasteiger charge is 2.17. The van der Waals surface area contributed by atoms with Crippen LogP contribution in [0.4, 0.5) is 11.4 Å². The van der Waals surface area contributed by atoms with Crippen molar-refractivity contribution in [2.75, 3.05) is 24.0 Å². The molecule has 1 N–H and O–H groups in total. The van der Waals surface area contributed by atoms with Crippen LogP contribution in [0.3, 0.4) is 0 Å². The van der Waals surface area contributed by atoms with E-state index in [0.29, 0.717) is 0 Å². The monoisotopic (exact) mass is 240 g/mol. The lowest BCUT2D eigenvalue weighted by Crippen LogP contribution is -2.21. The molecule has 0 unspecified atom stereocenters. The summed E-state index contributed by atoms with van der Waals surface area (Å²) in [4.78, 5) is 2.33.